The van der Waals surface area contributed by atoms with E-state index in [1.54, 1.807) is 28.1 Å². The molecule has 0 spiro atoms. The highest BCUT2D eigenvalue weighted by molar-refractivity contribution is 7.13. The molecular weight excluding hydrogens is 326 g/mol. The molecule has 24 heavy (non-hydrogen) atoms. The van der Waals surface area contributed by atoms with Crippen molar-refractivity contribution in [3.63, 3.8) is 0 Å². The van der Waals surface area contributed by atoms with Crippen LogP contribution in [0, 0.1) is 0 Å². The monoisotopic (exact) mass is 343 g/mol. The van der Waals surface area contributed by atoms with Crippen molar-refractivity contribution in [2.75, 3.05) is 31.2 Å². The average Bonchev–Trinajstić information content (AvgIpc) is 3.29. The third-order valence-corrected chi connectivity index (χ3v) is 4.86. The van der Waals surface area contributed by atoms with Gasteiger partial charge in [0.2, 0.25) is 0 Å². The van der Waals surface area contributed by atoms with Gasteiger partial charge in [0.25, 0.3) is 5.91 Å². The molecule has 3 aromatic rings. The minimum atomic E-state index is -0.162. The Morgan fingerprint density at radius 3 is 3.04 bits per heavy atom. The molecule has 0 bridgehead atoms. The molecule has 0 atom stereocenters. The molecule has 8 heteroatoms. The Kier molecular flexibility index (Phi) is 4.14. The second kappa shape index (κ2) is 6.58. The first-order valence-corrected chi connectivity index (χ1v) is 8.67. The summed E-state index contributed by atoms with van der Waals surface area (Å²) in [6, 6.07) is 7.39. The quantitative estimate of drug-likeness (QED) is 0.778. The van der Waals surface area contributed by atoms with Gasteiger partial charge < -0.3 is 15.0 Å². The number of carbonyl (C=O) groups is 1. The average molecular weight is 343 g/mol. The van der Waals surface area contributed by atoms with Gasteiger partial charge in [0, 0.05) is 18.5 Å². The molecule has 1 N–H and O–H groups in total. The Balaban J connectivity index is 1.42. The summed E-state index contributed by atoms with van der Waals surface area (Å²) in [5.74, 6) is -0.162. The van der Waals surface area contributed by atoms with Crippen LogP contribution in [-0.2, 0) is 11.3 Å². The predicted octanol–water partition coefficient (Wildman–Crippen LogP) is 1.56. The summed E-state index contributed by atoms with van der Waals surface area (Å²) in [5, 5.41) is 10.1. The molecule has 0 radical (unpaired) electrons. The molecule has 1 fully saturated rings. The van der Waals surface area contributed by atoms with E-state index in [0.717, 1.165) is 42.6 Å². The highest BCUT2D eigenvalue weighted by Gasteiger charge is 2.15. The Morgan fingerprint density at radius 2 is 2.17 bits per heavy atom. The fourth-order valence-corrected chi connectivity index (χ4v) is 3.54. The van der Waals surface area contributed by atoms with Crippen molar-refractivity contribution >= 4 is 27.9 Å². The standard InChI is InChI=1S/C16H17N5O2S/c22-15(14-3-1-2-13-4-5-18-21(13)14)17-10-12-11-24-16(19-12)20-6-8-23-9-7-20/h1-5,11H,6-10H2,(H,17,22). The van der Waals surface area contributed by atoms with E-state index in [0.29, 0.717) is 12.2 Å². The van der Waals surface area contributed by atoms with Crippen LogP contribution in [-0.4, -0.2) is 46.8 Å². The number of carbonyl (C=O) groups excluding carboxylic acids is 1. The van der Waals surface area contributed by atoms with Crippen molar-refractivity contribution in [3.8, 4) is 0 Å². The van der Waals surface area contributed by atoms with Crippen LogP contribution in [0.15, 0.2) is 35.8 Å². The van der Waals surface area contributed by atoms with Gasteiger partial charge in [-0.25, -0.2) is 9.50 Å². The van der Waals surface area contributed by atoms with Gasteiger partial charge in [-0.05, 0) is 18.2 Å². The number of nitrogens with one attached hydrogen (secondary N) is 1. The lowest BCUT2D eigenvalue weighted by atomic mass is 10.3. The Bertz CT molecular complexity index is 853. The molecular formula is C16H17N5O2S. The highest BCUT2D eigenvalue weighted by Crippen LogP contribution is 2.21. The van der Waals surface area contributed by atoms with Crippen LogP contribution in [0.3, 0.4) is 0 Å². The highest BCUT2D eigenvalue weighted by atomic mass is 32.1. The normalized spacial score (nSPS) is 14.9. The molecule has 3 aromatic heterocycles. The first-order chi connectivity index (χ1) is 11.8. The summed E-state index contributed by atoms with van der Waals surface area (Å²) < 4.78 is 6.99. The molecule has 0 unspecified atom stereocenters. The van der Waals surface area contributed by atoms with E-state index in [9.17, 15) is 4.79 Å². The largest absolute Gasteiger partial charge is 0.378 e. The molecule has 0 aromatic carbocycles. The van der Waals surface area contributed by atoms with E-state index in [4.69, 9.17) is 4.74 Å². The van der Waals surface area contributed by atoms with E-state index in [-0.39, 0.29) is 5.91 Å². The summed E-state index contributed by atoms with van der Waals surface area (Å²) >= 11 is 1.60. The van der Waals surface area contributed by atoms with Crippen molar-refractivity contribution in [1.82, 2.24) is 19.9 Å². The zero-order valence-corrected chi connectivity index (χ0v) is 13.8. The van der Waals surface area contributed by atoms with Crippen LogP contribution in [0.5, 0.6) is 0 Å². The smallest absolute Gasteiger partial charge is 0.270 e. The lowest BCUT2D eigenvalue weighted by Crippen LogP contribution is -2.36. The molecule has 1 amide bonds. The minimum absolute atomic E-state index is 0.162. The van der Waals surface area contributed by atoms with Crippen LogP contribution in [0.25, 0.3) is 5.52 Å². The first kappa shape index (κ1) is 15.1. The lowest BCUT2D eigenvalue weighted by molar-refractivity contribution is 0.0943. The van der Waals surface area contributed by atoms with Crippen molar-refractivity contribution in [2.24, 2.45) is 0 Å². The summed E-state index contributed by atoms with van der Waals surface area (Å²) in [6.45, 7) is 3.59. The maximum absolute atomic E-state index is 12.4. The van der Waals surface area contributed by atoms with Crippen molar-refractivity contribution in [1.29, 1.82) is 0 Å². The SMILES string of the molecule is O=C(NCc1csc(N2CCOCC2)n1)c1cccc2ccnn12. The van der Waals surface area contributed by atoms with Crippen LogP contribution >= 0.6 is 11.3 Å². The number of pyridine rings is 1. The van der Waals surface area contributed by atoms with E-state index in [1.165, 1.54) is 0 Å². The van der Waals surface area contributed by atoms with Crippen molar-refractivity contribution in [3.05, 3.63) is 47.2 Å². The van der Waals surface area contributed by atoms with Crippen molar-refractivity contribution in [2.45, 2.75) is 6.54 Å². The number of amides is 1. The van der Waals surface area contributed by atoms with Crippen LogP contribution < -0.4 is 10.2 Å². The number of fused-ring (bicyclic) bond motifs is 1. The van der Waals surface area contributed by atoms with Crippen molar-refractivity contribution < 1.29 is 9.53 Å². The van der Waals surface area contributed by atoms with Crippen LogP contribution in [0.1, 0.15) is 16.2 Å². The Labute approximate surface area is 142 Å². The van der Waals surface area contributed by atoms with E-state index in [1.807, 2.05) is 23.6 Å². The Hall–Kier alpha value is -2.45. The van der Waals surface area contributed by atoms with E-state index in [2.05, 4.69) is 20.3 Å². The van der Waals surface area contributed by atoms with Gasteiger partial charge >= 0.3 is 0 Å². The van der Waals surface area contributed by atoms with E-state index >= 15 is 0 Å². The minimum Gasteiger partial charge on any atom is -0.378 e. The third kappa shape index (κ3) is 2.98. The number of rotatable bonds is 4. The molecule has 1 aliphatic heterocycles. The fraction of sp³-hybridized carbons (Fsp3) is 0.312. The number of hydrogen-bond acceptors (Lipinski definition) is 6. The number of morpholine rings is 1. The molecule has 124 valence electrons. The number of anilines is 1. The second-order valence-corrected chi connectivity index (χ2v) is 6.32. The molecule has 4 heterocycles. The fourth-order valence-electron chi connectivity index (χ4n) is 2.66. The number of thiazole rings is 1. The maximum atomic E-state index is 12.4. The van der Waals surface area contributed by atoms with Gasteiger partial charge in [-0.2, -0.15) is 5.10 Å². The topological polar surface area (TPSA) is 71.8 Å². The van der Waals surface area contributed by atoms with Gasteiger partial charge in [0.15, 0.2) is 5.13 Å². The second-order valence-electron chi connectivity index (χ2n) is 5.48. The zero-order valence-electron chi connectivity index (χ0n) is 13.0. The number of hydrogen-bond donors (Lipinski definition) is 1. The molecule has 0 saturated carbocycles. The van der Waals surface area contributed by atoms with E-state index < -0.39 is 0 Å². The molecule has 0 aliphatic carbocycles. The molecule has 1 aliphatic rings. The van der Waals surface area contributed by atoms with Gasteiger partial charge in [0.1, 0.15) is 5.69 Å². The lowest BCUT2D eigenvalue weighted by Gasteiger charge is -2.26. The summed E-state index contributed by atoms with van der Waals surface area (Å²) in [7, 11) is 0. The van der Waals surface area contributed by atoms with Gasteiger partial charge in [0.05, 0.1) is 37.2 Å². The third-order valence-electron chi connectivity index (χ3n) is 3.91. The number of nitrogens with zero attached hydrogens (tertiary/aromatic N) is 4. The van der Waals surface area contributed by atoms with Crippen LogP contribution in [0.4, 0.5) is 5.13 Å². The molecule has 4 rings (SSSR count). The summed E-state index contributed by atoms with van der Waals surface area (Å²) in [4.78, 5) is 19.2. The van der Waals surface area contributed by atoms with Gasteiger partial charge in [-0.15, -0.1) is 11.3 Å². The first-order valence-electron chi connectivity index (χ1n) is 7.79. The maximum Gasteiger partial charge on any atom is 0.270 e. The molecule has 1 saturated heterocycles. The number of ether oxygens (including phenoxy) is 1. The number of aromatic nitrogens is 3. The van der Waals surface area contributed by atoms with Crippen LogP contribution in [0.2, 0.25) is 0 Å². The van der Waals surface area contributed by atoms with Gasteiger partial charge in [-0.3, -0.25) is 4.79 Å². The summed E-state index contributed by atoms with van der Waals surface area (Å²) in [5.41, 5.74) is 2.27. The van der Waals surface area contributed by atoms with Gasteiger partial charge in [-0.1, -0.05) is 6.07 Å². The zero-order chi connectivity index (χ0) is 16.4. The Morgan fingerprint density at radius 1 is 1.29 bits per heavy atom. The summed E-state index contributed by atoms with van der Waals surface area (Å²) in [6.07, 6.45) is 1.68. The predicted molar refractivity (Wildman–Crippen MR) is 91.5 cm³/mol. The molecule has 7 nitrogen and oxygen atoms in total.